The summed E-state index contributed by atoms with van der Waals surface area (Å²) >= 11 is 0. The Balaban J connectivity index is 1.74. The van der Waals surface area contributed by atoms with E-state index in [1.807, 2.05) is 53.7 Å². The molecule has 140 valence electrons. The summed E-state index contributed by atoms with van der Waals surface area (Å²) in [6, 6.07) is 14.1. The number of phenolic OH excluding ortho intramolecular Hbond substituents is 2. The van der Waals surface area contributed by atoms with Crippen LogP contribution in [0.1, 0.15) is 11.1 Å². The monoisotopic (exact) mass is 365 g/mol. The van der Waals surface area contributed by atoms with Gasteiger partial charge < -0.3 is 25.3 Å². The van der Waals surface area contributed by atoms with Crippen LogP contribution in [0.4, 0.5) is 4.79 Å². The summed E-state index contributed by atoms with van der Waals surface area (Å²) in [6.45, 7) is 2.52. The van der Waals surface area contributed by atoms with Crippen molar-refractivity contribution < 1.29 is 15.0 Å². The minimum absolute atomic E-state index is 0.0516. The number of nitrogens with zero attached hydrogens (tertiary/aromatic N) is 2. The summed E-state index contributed by atoms with van der Waals surface area (Å²) < 4.78 is 0. The van der Waals surface area contributed by atoms with Gasteiger partial charge in [0.2, 0.25) is 0 Å². The van der Waals surface area contributed by atoms with Gasteiger partial charge in [-0.3, -0.25) is 0 Å². The highest BCUT2D eigenvalue weighted by Crippen LogP contribution is 2.19. The molecule has 0 radical (unpaired) electrons. The van der Waals surface area contributed by atoms with Crippen molar-refractivity contribution in [2.75, 3.05) is 26.2 Å². The molecule has 0 spiro atoms. The number of urea groups is 1. The number of rotatable bonds is 7. The third-order valence-electron chi connectivity index (χ3n) is 4.34. The minimum atomic E-state index is -0.0516. The second-order valence-corrected chi connectivity index (χ2v) is 6.21. The molecule has 6 nitrogen and oxygen atoms in total. The fraction of sp³-hybridized carbons (Fsp3) is 0.190. The molecule has 1 aliphatic rings. The van der Waals surface area contributed by atoms with Crippen molar-refractivity contribution in [3.8, 4) is 11.5 Å². The van der Waals surface area contributed by atoms with Crippen LogP contribution in [0.25, 0.3) is 12.2 Å². The first-order valence-corrected chi connectivity index (χ1v) is 8.84. The van der Waals surface area contributed by atoms with E-state index < -0.39 is 0 Å². The molecular formula is C21H23N3O3. The molecule has 0 saturated carbocycles. The summed E-state index contributed by atoms with van der Waals surface area (Å²) in [5.41, 5.74) is 1.41. The smallest absolute Gasteiger partial charge is 0.317 e. The molecular weight excluding hydrogens is 342 g/mol. The highest BCUT2D eigenvalue weighted by molar-refractivity contribution is 5.76. The number of hydrogen-bond donors (Lipinski definition) is 3. The van der Waals surface area contributed by atoms with Gasteiger partial charge in [-0.1, -0.05) is 36.4 Å². The van der Waals surface area contributed by atoms with Gasteiger partial charge in [0.1, 0.15) is 11.5 Å². The molecule has 1 saturated heterocycles. The molecule has 0 bridgehead atoms. The maximum atomic E-state index is 11.7. The Morgan fingerprint density at radius 2 is 1.52 bits per heavy atom. The summed E-state index contributed by atoms with van der Waals surface area (Å²) in [5.74, 6) is 0.412. The summed E-state index contributed by atoms with van der Waals surface area (Å²) in [5, 5.41) is 22.6. The molecule has 0 unspecified atom stereocenters. The average Bonchev–Trinajstić information content (AvgIpc) is 3.08. The predicted octanol–water partition coefficient (Wildman–Crippen LogP) is 3.07. The number of para-hydroxylation sites is 2. The lowest BCUT2D eigenvalue weighted by atomic mass is 10.2. The Morgan fingerprint density at radius 1 is 0.963 bits per heavy atom. The predicted molar refractivity (Wildman–Crippen MR) is 106 cm³/mol. The number of phenols is 2. The van der Waals surface area contributed by atoms with Gasteiger partial charge in [0.25, 0.3) is 0 Å². The topological polar surface area (TPSA) is 76.0 Å². The first-order chi connectivity index (χ1) is 13.1. The Bertz CT molecular complexity index is 793. The Kier molecular flexibility index (Phi) is 5.99. The van der Waals surface area contributed by atoms with Gasteiger partial charge in [-0.15, -0.1) is 0 Å². The highest BCUT2D eigenvalue weighted by atomic mass is 16.3. The van der Waals surface area contributed by atoms with Gasteiger partial charge in [0, 0.05) is 49.7 Å². The fourth-order valence-electron chi connectivity index (χ4n) is 2.77. The minimum Gasteiger partial charge on any atom is -0.507 e. The zero-order valence-corrected chi connectivity index (χ0v) is 15.0. The van der Waals surface area contributed by atoms with E-state index in [9.17, 15) is 15.0 Å². The summed E-state index contributed by atoms with van der Waals surface area (Å²) in [4.78, 5) is 15.4. The van der Waals surface area contributed by atoms with E-state index in [0.29, 0.717) is 37.3 Å². The van der Waals surface area contributed by atoms with Crippen molar-refractivity contribution in [1.82, 2.24) is 15.1 Å². The van der Waals surface area contributed by atoms with E-state index in [1.54, 1.807) is 29.2 Å². The lowest BCUT2D eigenvalue weighted by Crippen LogP contribution is -2.33. The van der Waals surface area contributed by atoms with Gasteiger partial charge in [-0.2, -0.15) is 0 Å². The lowest BCUT2D eigenvalue weighted by Gasteiger charge is -2.20. The second kappa shape index (κ2) is 8.80. The number of carbonyl (C=O) groups is 1. The molecule has 3 N–H and O–H groups in total. The van der Waals surface area contributed by atoms with Crippen LogP contribution < -0.4 is 5.32 Å². The molecule has 2 amide bonds. The molecule has 2 aromatic rings. The van der Waals surface area contributed by atoms with E-state index in [2.05, 4.69) is 5.32 Å². The van der Waals surface area contributed by atoms with Crippen LogP contribution in [0.15, 0.2) is 60.9 Å². The van der Waals surface area contributed by atoms with Gasteiger partial charge in [0.05, 0.1) is 0 Å². The highest BCUT2D eigenvalue weighted by Gasteiger charge is 2.18. The van der Waals surface area contributed by atoms with Crippen LogP contribution >= 0.6 is 0 Å². The van der Waals surface area contributed by atoms with Gasteiger partial charge >= 0.3 is 6.03 Å². The van der Waals surface area contributed by atoms with Crippen LogP contribution in [-0.4, -0.2) is 52.2 Å². The van der Waals surface area contributed by atoms with Crippen LogP contribution in [0.3, 0.4) is 0 Å². The van der Waals surface area contributed by atoms with Crippen LogP contribution in [0.2, 0.25) is 0 Å². The molecule has 1 heterocycles. The van der Waals surface area contributed by atoms with Crippen molar-refractivity contribution in [3.05, 3.63) is 72.1 Å². The van der Waals surface area contributed by atoms with Gasteiger partial charge in [-0.25, -0.2) is 4.79 Å². The Labute approximate surface area is 158 Å². The quantitative estimate of drug-likeness (QED) is 0.705. The normalized spacial score (nSPS) is 14.2. The molecule has 6 heteroatoms. The average molecular weight is 365 g/mol. The lowest BCUT2D eigenvalue weighted by molar-refractivity contribution is 0.214. The third kappa shape index (κ3) is 5.04. The van der Waals surface area contributed by atoms with Crippen LogP contribution in [-0.2, 0) is 0 Å². The first-order valence-electron chi connectivity index (χ1n) is 8.84. The standard InChI is InChI=1S/C21H23N3O3/c25-19-7-3-1-5-17(19)9-12-23(15-16-24-14-11-22-21(24)27)13-10-18-6-2-4-8-20(18)26/h1-10,12-13,25-26H,11,14-16H2,(H,22,27). The molecule has 3 rings (SSSR count). The number of hydrogen-bond acceptors (Lipinski definition) is 4. The maximum Gasteiger partial charge on any atom is 0.317 e. The molecule has 1 aliphatic heterocycles. The van der Waals surface area contributed by atoms with Crippen molar-refractivity contribution in [1.29, 1.82) is 0 Å². The molecule has 27 heavy (non-hydrogen) atoms. The van der Waals surface area contributed by atoms with Gasteiger partial charge in [0.15, 0.2) is 0 Å². The number of benzene rings is 2. The summed E-state index contributed by atoms with van der Waals surface area (Å²) in [7, 11) is 0. The fourth-order valence-corrected chi connectivity index (χ4v) is 2.77. The number of amides is 2. The maximum absolute atomic E-state index is 11.7. The third-order valence-corrected chi connectivity index (χ3v) is 4.34. The van der Waals surface area contributed by atoms with Crippen molar-refractivity contribution >= 4 is 18.2 Å². The van der Waals surface area contributed by atoms with Crippen LogP contribution in [0, 0.1) is 0 Å². The van der Waals surface area contributed by atoms with Crippen molar-refractivity contribution in [2.24, 2.45) is 0 Å². The zero-order valence-electron chi connectivity index (χ0n) is 15.0. The van der Waals surface area contributed by atoms with Gasteiger partial charge in [-0.05, 0) is 24.3 Å². The number of nitrogens with one attached hydrogen (secondary N) is 1. The largest absolute Gasteiger partial charge is 0.507 e. The number of aromatic hydroxyl groups is 2. The molecule has 0 atom stereocenters. The second-order valence-electron chi connectivity index (χ2n) is 6.21. The SMILES string of the molecule is O=C1NCCN1CCN(C=Cc1ccccc1O)C=Cc1ccccc1O. The summed E-state index contributed by atoms with van der Waals surface area (Å²) in [6.07, 6.45) is 7.32. The van der Waals surface area contributed by atoms with E-state index in [0.717, 1.165) is 0 Å². The van der Waals surface area contributed by atoms with E-state index in [-0.39, 0.29) is 17.5 Å². The molecule has 1 fully saturated rings. The van der Waals surface area contributed by atoms with E-state index in [4.69, 9.17) is 0 Å². The zero-order chi connectivity index (χ0) is 19.1. The van der Waals surface area contributed by atoms with Crippen LogP contribution in [0.5, 0.6) is 11.5 Å². The van der Waals surface area contributed by atoms with Crippen molar-refractivity contribution in [3.63, 3.8) is 0 Å². The molecule has 2 aromatic carbocycles. The van der Waals surface area contributed by atoms with E-state index >= 15 is 0 Å². The molecule has 0 aliphatic carbocycles. The first kappa shape index (κ1) is 18.4. The molecule has 0 aromatic heterocycles. The Morgan fingerprint density at radius 3 is 2.00 bits per heavy atom. The van der Waals surface area contributed by atoms with E-state index in [1.165, 1.54) is 0 Å². The Hall–Kier alpha value is -3.41. The van der Waals surface area contributed by atoms with Crippen molar-refractivity contribution in [2.45, 2.75) is 0 Å². The number of carbonyl (C=O) groups excluding carboxylic acids is 1.